The van der Waals surface area contributed by atoms with Crippen LogP contribution in [0.1, 0.15) is 20.7 Å². The number of rotatable bonds is 3. The lowest BCUT2D eigenvalue weighted by atomic mass is 10.1. The van der Waals surface area contributed by atoms with E-state index in [1.165, 1.54) is 30.5 Å². The molecule has 0 unspecified atom stereocenters. The zero-order valence-electron chi connectivity index (χ0n) is 10.6. The SMILES string of the molecule is O=C(O)c1ccc(C(=O)Oc2cn[nH]n2)cc1.O=S(=O)(O)O. The van der Waals surface area contributed by atoms with Crippen LogP contribution in [-0.2, 0) is 10.4 Å². The van der Waals surface area contributed by atoms with Crippen molar-refractivity contribution in [1.29, 1.82) is 0 Å². The molecule has 4 N–H and O–H groups in total. The summed E-state index contributed by atoms with van der Waals surface area (Å²) in [4.78, 5) is 22.1. The minimum absolute atomic E-state index is 0.0531. The molecule has 0 atom stereocenters. The quantitative estimate of drug-likeness (QED) is 0.444. The van der Waals surface area contributed by atoms with E-state index in [1.54, 1.807) is 0 Å². The number of hydrogen-bond donors (Lipinski definition) is 4. The van der Waals surface area contributed by atoms with Crippen LogP contribution >= 0.6 is 0 Å². The minimum atomic E-state index is -4.67. The first-order valence-corrected chi connectivity index (χ1v) is 6.67. The molecule has 0 aliphatic heterocycles. The second kappa shape index (κ2) is 7.26. The van der Waals surface area contributed by atoms with Crippen molar-refractivity contribution in [2.75, 3.05) is 0 Å². The molecule has 22 heavy (non-hydrogen) atoms. The number of hydrogen-bond acceptors (Lipinski definition) is 7. The number of ether oxygens (including phenoxy) is 1. The number of esters is 1. The molecule has 11 nitrogen and oxygen atoms in total. The zero-order valence-corrected chi connectivity index (χ0v) is 11.4. The van der Waals surface area contributed by atoms with Gasteiger partial charge in [-0.1, -0.05) is 0 Å². The van der Waals surface area contributed by atoms with Crippen LogP contribution in [0.2, 0.25) is 0 Å². The molecule has 2 rings (SSSR count). The number of aromatic nitrogens is 3. The summed E-state index contributed by atoms with van der Waals surface area (Å²) in [6.07, 6.45) is 1.25. The number of carbonyl (C=O) groups excluding carboxylic acids is 1. The maximum Gasteiger partial charge on any atom is 0.394 e. The van der Waals surface area contributed by atoms with E-state index < -0.39 is 22.3 Å². The fourth-order valence-electron chi connectivity index (χ4n) is 1.14. The first-order chi connectivity index (χ1) is 10.2. The number of carboxylic acid groups (broad SMARTS) is 1. The summed E-state index contributed by atoms with van der Waals surface area (Å²) in [5, 5.41) is 18.0. The van der Waals surface area contributed by atoms with Gasteiger partial charge in [-0.3, -0.25) is 9.11 Å². The van der Waals surface area contributed by atoms with Crippen LogP contribution in [0.3, 0.4) is 0 Å². The van der Waals surface area contributed by atoms with Gasteiger partial charge in [-0.05, 0) is 24.3 Å². The standard InChI is InChI=1S/C10H7N3O4.H2O4S/c14-9(15)6-1-3-7(4-2-6)10(16)17-8-5-11-13-12-8;1-5(2,3)4/h1-5H,(H,14,15)(H,11,12,13);(H2,1,2,3,4). The highest BCUT2D eigenvalue weighted by Gasteiger charge is 2.11. The van der Waals surface area contributed by atoms with Gasteiger partial charge >= 0.3 is 22.3 Å². The number of nitrogens with one attached hydrogen (secondary N) is 1. The van der Waals surface area contributed by atoms with Gasteiger partial charge in [0.15, 0.2) is 0 Å². The van der Waals surface area contributed by atoms with Gasteiger partial charge in [-0.15, -0.1) is 5.10 Å². The summed E-state index contributed by atoms with van der Waals surface area (Å²) in [5.74, 6) is -1.63. The van der Waals surface area contributed by atoms with Crippen molar-refractivity contribution in [2.24, 2.45) is 0 Å². The Hall–Kier alpha value is -2.83. The first-order valence-electron chi connectivity index (χ1n) is 5.28. The normalized spacial score (nSPS) is 10.3. The Morgan fingerprint density at radius 3 is 2.00 bits per heavy atom. The average molecular weight is 331 g/mol. The van der Waals surface area contributed by atoms with E-state index in [1.807, 2.05) is 0 Å². The van der Waals surface area contributed by atoms with Crippen LogP contribution in [-0.4, -0.2) is 50.0 Å². The van der Waals surface area contributed by atoms with Crippen LogP contribution in [0.15, 0.2) is 30.5 Å². The molecule has 0 bridgehead atoms. The topological polar surface area (TPSA) is 180 Å². The van der Waals surface area contributed by atoms with Gasteiger partial charge in [0.25, 0.3) is 5.88 Å². The van der Waals surface area contributed by atoms with E-state index in [2.05, 4.69) is 15.4 Å². The fraction of sp³-hybridized carbons (Fsp3) is 0. The van der Waals surface area contributed by atoms with E-state index in [4.69, 9.17) is 27.4 Å². The third-order valence-corrected chi connectivity index (χ3v) is 1.96. The molecule has 1 aromatic carbocycles. The fourth-order valence-corrected chi connectivity index (χ4v) is 1.14. The molecular weight excluding hydrogens is 322 g/mol. The number of aromatic amines is 1. The molecule has 1 heterocycles. The number of nitrogens with zero attached hydrogens (tertiary/aromatic N) is 2. The molecule has 1 aromatic heterocycles. The summed E-state index contributed by atoms with van der Waals surface area (Å²) >= 11 is 0. The Morgan fingerprint density at radius 1 is 1.09 bits per heavy atom. The molecular formula is C10H9N3O8S. The Kier molecular flexibility index (Phi) is 5.68. The van der Waals surface area contributed by atoms with Crippen LogP contribution in [0.5, 0.6) is 5.88 Å². The molecule has 12 heteroatoms. The van der Waals surface area contributed by atoms with Crippen molar-refractivity contribution in [3.63, 3.8) is 0 Å². The lowest BCUT2D eigenvalue weighted by Gasteiger charge is -2.00. The summed E-state index contributed by atoms with van der Waals surface area (Å²) in [6, 6.07) is 5.38. The zero-order chi connectivity index (χ0) is 16.8. The molecule has 118 valence electrons. The molecule has 0 spiro atoms. The van der Waals surface area contributed by atoms with Crippen molar-refractivity contribution in [3.05, 3.63) is 41.6 Å². The lowest BCUT2D eigenvalue weighted by Crippen LogP contribution is -2.09. The van der Waals surface area contributed by atoms with Gasteiger partial charge in [0.05, 0.1) is 11.1 Å². The minimum Gasteiger partial charge on any atom is -0.478 e. The van der Waals surface area contributed by atoms with Gasteiger partial charge in [0.2, 0.25) is 0 Å². The van der Waals surface area contributed by atoms with E-state index in [0.717, 1.165) is 0 Å². The van der Waals surface area contributed by atoms with Gasteiger partial charge in [0.1, 0.15) is 6.20 Å². The van der Waals surface area contributed by atoms with Crippen LogP contribution < -0.4 is 4.74 Å². The van der Waals surface area contributed by atoms with Crippen molar-refractivity contribution >= 4 is 22.3 Å². The third-order valence-electron chi connectivity index (χ3n) is 1.96. The van der Waals surface area contributed by atoms with Crippen LogP contribution in [0.25, 0.3) is 0 Å². The smallest absolute Gasteiger partial charge is 0.394 e. The Labute approximate surface area is 123 Å². The predicted molar refractivity (Wildman–Crippen MR) is 68.9 cm³/mol. The monoisotopic (exact) mass is 331 g/mol. The number of H-pyrrole nitrogens is 1. The van der Waals surface area contributed by atoms with E-state index in [-0.39, 0.29) is 17.0 Å². The number of carboxylic acids is 1. The van der Waals surface area contributed by atoms with Crippen molar-refractivity contribution < 1.29 is 37.0 Å². The molecule has 0 saturated carbocycles. The summed E-state index contributed by atoms with van der Waals surface area (Å²) in [7, 11) is -4.67. The maximum atomic E-state index is 11.5. The summed E-state index contributed by atoms with van der Waals surface area (Å²) < 4.78 is 36.4. The Morgan fingerprint density at radius 2 is 1.59 bits per heavy atom. The van der Waals surface area contributed by atoms with E-state index in [0.29, 0.717) is 0 Å². The second-order valence-electron chi connectivity index (χ2n) is 3.53. The number of benzene rings is 1. The summed E-state index contributed by atoms with van der Waals surface area (Å²) in [6.45, 7) is 0. The number of aromatic carboxylic acids is 1. The molecule has 0 aliphatic rings. The first kappa shape index (κ1) is 17.2. The van der Waals surface area contributed by atoms with Crippen LogP contribution in [0, 0.1) is 0 Å². The van der Waals surface area contributed by atoms with E-state index >= 15 is 0 Å². The van der Waals surface area contributed by atoms with Gasteiger partial charge in [-0.2, -0.15) is 18.7 Å². The summed E-state index contributed by atoms with van der Waals surface area (Å²) in [5.41, 5.74) is 0.334. The third kappa shape index (κ3) is 6.56. The van der Waals surface area contributed by atoms with E-state index in [9.17, 15) is 9.59 Å². The average Bonchev–Trinajstić information content (AvgIpc) is 2.89. The highest BCUT2D eigenvalue weighted by Crippen LogP contribution is 2.08. The van der Waals surface area contributed by atoms with Gasteiger partial charge in [0, 0.05) is 0 Å². The highest BCUT2D eigenvalue weighted by atomic mass is 32.3. The maximum absolute atomic E-state index is 11.5. The van der Waals surface area contributed by atoms with Crippen molar-refractivity contribution in [1.82, 2.24) is 15.4 Å². The molecule has 0 radical (unpaired) electrons. The molecule has 0 saturated heterocycles. The molecule has 2 aromatic rings. The van der Waals surface area contributed by atoms with Crippen molar-refractivity contribution in [2.45, 2.75) is 0 Å². The second-order valence-corrected chi connectivity index (χ2v) is 4.42. The van der Waals surface area contributed by atoms with Gasteiger partial charge in [-0.25, -0.2) is 9.59 Å². The predicted octanol–water partition coefficient (Wildman–Crippen LogP) is 0.0693. The Balaban J connectivity index is 0.000000422. The molecule has 0 amide bonds. The largest absolute Gasteiger partial charge is 0.478 e. The lowest BCUT2D eigenvalue weighted by molar-refractivity contribution is 0.0690. The molecule has 0 aliphatic carbocycles. The molecule has 0 fully saturated rings. The highest BCUT2D eigenvalue weighted by molar-refractivity contribution is 7.79. The van der Waals surface area contributed by atoms with Gasteiger partial charge < -0.3 is 9.84 Å². The number of carbonyl (C=O) groups is 2. The van der Waals surface area contributed by atoms with Crippen LogP contribution in [0.4, 0.5) is 0 Å². The Bertz CT molecular complexity index is 731. The van der Waals surface area contributed by atoms with Crippen molar-refractivity contribution in [3.8, 4) is 5.88 Å².